The summed E-state index contributed by atoms with van der Waals surface area (Å²) in [5, 5.41) is 4.74. The Balaban J connectivity index is 1.17. The lowest BCUT2D eigenvalue weighted by molar-refractivity contribution is 0.660. The minimum Gasteiger partial charge on any atom is -0.456 e. The lowest BCUT2D eigenvalue weighted by Gasteiger charge is -2.29. The van der Waals surface area contributed by atoms with Gasteiger partial charge in [0.1, 0.15) is 11.2 Å². The van der Waals surface area contributed by atoms with Crippen molar-refractivity contribution in [3.8, 4) is 33.4 Å². The molecule has 51 heavy (non-hydrogen) atoms. The van der Waals surface area contributed by atoms with E-state index < -0.39 is 0 Å². The van der Waals surface area contributed by atoms with Gasteiger partial charge in [0, 0.05) is 22.2 Å². The van der Waals surface area contributed by atoms with Crippen molar-refractivity contribution in [1.29, 1.82) is 0 Å². The summed E-state index contributed by atoms with van der Waals surface area (Å²) in [6, 6.07) is 63.7. The molecule has 242 valence electrons. The summed E-state index contributed by atoms with van der Waals surface area (Å²) < 4.78 is 6.42. The Labute approximate surface area is 297 Å². The Morgan fingerprint density at radius 1 is 0.431 bits per heavy atom. The maximum Gasteiger partial charge on any atom is 0.137 e. The van der Waals surface area contributed by atoms with Crippen molar-refractivity contribution in [3.05, 3.63) is 187 Å². The van der Waals surface area contributed by atoms with Gasteiger partial charge in [-0.1, -0.05) is 141 Å². The third-order valence-corrected chi connectivity index (χ3v) is 10.8. The first kappa shape index (κ1) is 29.5. The number of rotatable bonds is 5. The van der Waals surface area contributed by atoms with Crippen molar-refractivity contribution in [1.82, 2.24) is 0 Å². The number of furan rings is 1. The van der Waals surface area contributed by atoms with Crippen LogP contribution in [0.15, 0.2) is 180 Å². The van der Waals surface area contributed by atoms with Crippen molar-refractivity contribution in [2.45, 2.75) is 19.3 Å². The quantitative estimate of drug-likeness (QED) is 0.184. The molecule has 0 unspecified atom stereocenters. The van der Waals surface area contributed by atoms with E-state index >= 15 is 0 Å². The van der Waals surface area contributed by atoms with Crippen LogP contribution >= 0.6 is 0 Å². The van der Waals surface area contributed by atoms with E-state index in [1.807, 2.05) is 6.07 Å². The molecule has 9 aromatic rings. The Hall–Kier alpha value is -6.38. The summed E-state index contributed by atoms with van der Waals surface area (Å²) >= 11 is 0. The normalized spacial score (nSPS) is 13.1. The van der Waals surface area contributed by atoms with Crippen LogP contribution in [0.25, 0.3) is 66.1 Å². The molecular formula is C49H35NO. The van der Waals surface area contributed by atoms with E-state index in [1.165, 1.54) is 49.7 Å². The second kappa shape index (κ2) is 11.3. The van der Waals surface area contributed by atoms with Gasteiger partial charge in [-0.2, -0.15) is 0 Å². The van der Waals surface area contributed by atoms with E-state index in [0.29, 0.717) is 0 Å². The molecule has 0 fully saturated rings. The first-order valence-electron chi connectivity index (χ1n) is 17.7. The van der Waals surface area contributed by atoms with E-state index in [1.54, 1.807) is 0 Å². The fraction of sp³-hybridized carbons (Fsp3) is 0.0612. The zero-order valence-electron chi connectivity index (χ0n) is 28.6. The molecule has 0 bridgehead atoms. The van der Waals surface area contributed by atoms with Crippen LogP contribution in [-0.4, -0.2) is 0 Å². The van der Waals surface area contributed by atoms with Gasteiger partial charge in [0.05, 0.1) is 11.1 Å². The Morgan fingerprint density at radius 3 is 1.98 bits per heavy atom. The second-order valence-corrected chi connectivity index (χ2v) is 14.1. The van der Waals surface area contributed by atoms with Crippen LogP contribution in [0.3, 0.4) is 0 Å². The first-order valence-corrected chi connectivity index (χ1v) is 17.7. The number of hydrogen-bond acceptors (Lipinski definition) is 2. The number of benzene rings is 8. The van der Waals surface area contributed by atoms with Gasteiger partial charge in [-0.3, -0.25) is 0 Å². The predicted octanol–water partition coefficient (Wildman–Crippen LogP) is 13.8. The Morgan fingerprint density at radius 2 is 1.06 bits per heavy atom. The highest BCUT2D eigenvalue weighted by atomic mass is 16.3. The van der Waals surface area contributed by atoms with Crippen molar-refractivity contribution >= 4 is 49.8 Å². The van der Waals surface area contributed by atoms with Crippen LogP contribution in [0.4, 0.5) is 17.1 Å². The van der Waals surface area contributed by atoms with Crippen molar-refractivity contribution in [2.75, 3.05) is 4.90 Å². The second-order valence-electron chi connectivity index (χ2n) is 14.1. The summed E-state index contributed by atoms with van der Waals surface area (Å²) in [6.07, 6.45) is 0. The highest BCUT2D eigenvalue weighted by molar-refractivity contribution is 6.13. The third-order valence-electron chi connectivity index (χ3n) is 10.8. The van der Waals surface area contributed by atoms with E-state index in [9.17, 15) is 0 Å². The van der Waals surface area contributed by atoms with Crippen LogP contribution in [-0.2, 0) is 5.41 Å². The monoisotopic (exact) mass is 653 g/mol. The molecular weight excluding hydrogens is 619 g/mol. The van der Waals surface area contributed by atoms with Gasteiger partial charge < -0.3 is 9.32 Å². The van der Waals surface area contributed by atoms with Crippen molar-refractivity contribution in [3.63, 3.8) is 0 Å². The molecule has 2 nitrogen and oxygen atoms in total. The average Bonchev–Trinajstić information content (AvgIpc) is 3.67. The van der Waals surface area contributed by atoms with E-state index in [0.717, 1.165) is 44.6 Å². The number of fused-ring (bicyclic) bond motifs is 7. The number of nitrogens with zero attached hydrogens (tertiary/aromatic N) is 1. The van der Waals surface area contributed by atoms with Gasteiger partial charge in [-0.05, 0) is 104 Å². The maximum atomic E-state index is 6.42. The first-order chi connectivity index (χ1) is 25.0. The van der Waals surface area contributed by atoms with Crippen molar-refractivity contribution < 1.29 is 4.42 Å². The summed E-state index contributed by atoms with van der Waals surface area (Å²) in [5.74, 6) is 0. The van der Waals surface area contributed by atoms with Crippen LogP contribution in [0, 0.1) is 0 Å². The van der Waals surface area contributed by atoms with Crippen molar-refractivity contribution in [2.24, 2.45) is 0 Å². The lowest BCUT2D eigenvalue weighted by Crippen LogP contribution is -2.16. The highest BCUT2D eigenvalue weighted by Crippen LogP contribution is 2.51. The molecule has 0 aliphatic heterocycles. The highest BCUT2D eigenvalue weighted by Gasteiger charge is 2.36. The fourth-order valence-electron chi connectivity index (χ4n) is 8.37. The van der Waals surface area contributed by atoms with Crippen LogP contribution in [0.1, 0.15) is 25.0 Å². The standard InChI is InChI=1S/C49H35NO/c1-49(2)43-23-7-5-20-40(43)41-28-27-37(31-44(41)49)50(45-24-12-26-47-48(45)42-21-6-8-25-46(42)51-47)36-18-10-16-34(30-36)33-15-9-17-35(29-33)39-22-11-14-32-13-3-4-19-38(32)39/h3-31H,1-2H3. The molecule has 0 amide bonds. The number of para-hydroxylation sites is 1. The average molecular weight is 654 g/mol. The molecule has 0 radical (unpaired) electrons. The maximum absolute atomic E-state index is 6.42. The molecule has 0 saturated carbocycles. The molecule has 1 heterocycles. The molecule has 0 spiro atoms. The van der Waals surface area contributed by atoms with Gasteiger partial charge in [-0.25, -0.2) is 0 Å². The largest absolute Gasteiger partial charge is 0.456 e. The Bertz CT molecular complexity index is 2800. The summed E-state index contributed by atoms with van der Waals surface area (Å²) in [5.41, 5.74) is 15.1. The third kappa shape index (κ3) is 4.64. The summed E-state index contributed by atoms with van der Waals surface area (Å²) in [6.45, 7) is 4.69. The summed E-state index contributed by atoms with van der Waals surface area (Å²) in [7, 11) is 0. The zero-order chi connectivity index (χ0) is 34.1. The topological polar surface area (TPSA) is 16.4 Å². The number of anilines is 3. The van der Waals surface area contributed by atoms with Gasteiger partial charge in [0.2, 0.25) is 0 Å². The molecule has 8 aromatic carbocycles. The SMILES string of the molecule is CC1(C)c2ccccc2-c2ccc(N(c3cccc(-c4cccc(-c5cccc6ccccc56)c4)c3)c3cccc4oc5ccccc5c34)cc21. The predicted molar refractivity (Wildman–Crippen MR) is 214 cm³/mol. The zero-order valence-corrected chi connectivity index (χ0v) is 28.6. The van der Waals surface area contributed by atoms with E-state index in [2.05, 4.69) is 189 Å². The van der Waals surface area contributed by atoms with Crippen LogP contribution in [0.2, 0.25) is 0 Å². The lowest BCUT2D eigenvalue weighted by atomic mass is 9.82. The van der Waals surface area contributed by atoms with Gasteiger partial charge in [0.25, 0.3) is 0 Å². The molecule has 0 saturated heterocycles. The minimum absolute atomic E-state index is 0.119. The fourth-order valence-corrected chi connectivity index (χ4v) is 8.37. The molecule has 2 heteroatoms. The molecule has 1 aromatic heterocycles. The van der Waals surface area contributed by atoms with Gasteiger partial charge >= 0.3 is 0 Å². The van der Waals surface area contributed by atoms with Crippen LogP contribution in [0.5, 0.6) is 0 Å². The van der Waals surface area contributed by atoms with Gasteiger partial charge in [-0.15, -0.1) is 0 Å². The van der Waals surface area contributed by atoms with E-state index in [-0.39, 0.29) is 5.41 Å². The molecule has 0 N–H and O–H groups in total. The van der Waals surface area contributed by atoms with E-state index in [4.69, 9.17) is 4.42 Å². The summed E-state index contributed by atoms with van der Waals surface area (Å²) in [4.78, 5) is 2.42. The molecule has 10 rings (SSSR count). The smallest absolute Gasteiger partial charge is 0.137 e. The van der Waals surface area contributed by atoms with Gasteiger partial charge in [0.15, 0.2) is 0 Å². The molecule has 0 atom stereocenters. The minimum atomic E-state index is -0.119. The molecule has 1 aliphatic carbocycles. The number of hydrogen-bond donors (Lipinski definition) is 0. The molecule has 1 aliphatic rings. The van der Waals surface area contributed by atoms with Crippen LogP contribution < -0.4 is 4.90 Å². The Kier molecular flexibility index (Phi) is 6.56.